The summed E-state index contributed by atoms with van der Waals surface area (Å²) in [5.74, 6) is 0.205. The van der Waals surface area contributed by atoms with Crippen molar-refractivity contribution >= 4 is 5.91 Å². The quantitative estimate of drug-likeness (QED) is 0.725. The van der Waals surface area contributed by atoms with Crippen LogP contribution < -0.4 is 5.32 Å². The van der Waals surface area contributed by atoms with E-state index in [0.29, 0.717) is 0 Å². The normalized spacial score (nSPS) is 13.6. The predicted octanol–water partition coefficient (Wildman–Crippen LogP) is 2.27. The molecule has 0 aliphatic rings. The van der Waals surface area contributed by atoms with Gasteiger partial charge < -0.3 is 10.2 Å². The van der Waals surface area contributed by atoms with Crippen LogP contribution >= 0.6 is 0 Å². The second kappa shape index (κ2) is 6.89. The molecule has 96 valence electrons. The van der Waals surface area contributed by atoms with Crippen LogP contribution in [0.2, 0.25) is 0 Å². The first-order valence-electron chi connectivity index (χ1n) is 6.40. The summed E-state index contributed by atoms with van der Waals surface area (Å²) in [6, 6.07) is -0.0780. The van der Waals surface area contributed by atoms with E-state index >= 15 is 0 Å². The van der Waals surface area contributed by atoms with Gasteiger partial charge in [0.1, 0.15) is 0 Å². The average molecular weight is 228 g/mol. The van der Waals surface area contributed by atoms with Crippen molar-refractivity contribution in [1.29, 1.82) is 0 Å². The summed E-state index contributed by atoms with van der Waals surface area (Å²) in [5.41, 5.74) is 0.262. The third-order valence-electron chi connectivity index (χ3n) is 3.29. The number of carbonyl (C=O) groups is 1. The Morgan fingerprint density at radius 2 is 1.75 bits per heavy atom. The van der Waals surface area contributed by atoms with Crippen LogP contribution in [0.15, 0.2) is 0 Å². The third kappa shape index (κ3) is 4.97. The highest BCUT2D eigenvalue weighted by Crippen LogP contribution is 2.17. The number of amides is 1. The maximum absolute atomic E-state index is 12.0. The monoisotopic (exact) mass is 228 g/mol. The van der Waals surface area contributed by atoms with Crippen LogP contribution in [-0.2, 0) is 4.79 Å². The second-order valence-electron chi connectivity index (χ2n) is 5.13. The number of carbonyl (C=O) groups excluding carboxylic acids is 1. The highest BCUT2D eigenvalue weighted by molar-refractivity contribution is 5.81. The summed E-state index contributed by atoms with van der Waals surface area (Å²) >= 11 is 0. The van der Waals surface area contributed by atoms with E-state index in [-0.39, 0.29) is 17.4 Å². The van der Waals surface area contributed by atoms with Gasteiger partial charge in [0.25, 0.3) is 0 Å². The molecule has 16 heavy (non-hydrogen) atoms. The van der Waals surface area contributed by atoms with E-state index < -0.39 is 0 Å². The van der Waals surface area contributed by atoms with E-state index in [2.05, 4.69) is 26.1 Å². The molecule has 3 heteroatoms. The fourth-order valence-corrected chi connectivity index (χ4v) is 1.45. The molecule has 0 fully saturated rings. The first-order chi connectivity index (χ1) is 7.37. The second-order valence-corrected chi connectivity index (χ2v) is 5.13. The Kier molecular flexibility index (Phi) is 6.65. The zero-order valence-electron chi connectivity index (χ0n) is 11.8. The van der Waals surface area contributed by atoms with Gasteiger partial charge in [-0.3, -0.25) is 4.79 Å². The Labute approximate surface area is 101 Å². The van der Waals surface area contributed by atoms with Gasteiger partial charge in [0.15, 0.2) is 0 Å². The Morgan fingerprint density at radius 1 is 1.25 bits per heavy atom. The Hall–Kier alpha value is -0.570. The maximum Gasteiger partial charge on any atom is 0.239 e. The van der Waals surface area contributed by atoms with E-state index in [1.54, 1.807) is 0 Å². The number of rotatable bonds is 7. The SMILES string of the molecule is CCN(CC)C(=O)C(C)NCC(C)(C)CC. The van der Waals surface area contributed by atoms with Crippen LogP contribution in [0, 0.1) is 5.41 Å². The van der Waals surface area contributed by atoms with Crippen molar-refractivity contribution in [3.8, 4) is 0 Å². The molecule has 0 bridgehead atoms. The van der Waals surface area contributed by atoms with Crippen LogP contribution in [-0.4, -0.2) is 36.5 Å². The molecule has 0 radical (unpaired) electrons. The highest BCUT2D eigenvalue weighted by Gasteiger charge is 2.21. The van der Waals surface area contributed by atoms with Gasteiger partial charge >= 0.3 is 0 Å². The van der Waals surface area contributed by atoms with Gasteiger partial charge in [-0.15, -0.1) is 0 Å². The van der Waals surface area contributed by atoms with Crippen molar-refractivity contribution in [2.24, 2.45) is 5.41 Å². The van der Waals surface area contributed by atoms with Crippen LogP contribution in [0.25, 0.3) is 0 Å². The Balaban J connectivity index is 4.15. The molecule has 3 nitrogen and oxygen atoms in total. The van der Waals surface area contributed by atoms with Crippen LogP contribution in [0.3, 0.4) is 0 Å². The maximum atomic E-state index is 12.0. The average Bonchev–Trinajstić information content (AvgIpc) is 2.27. The molecule has 0 spiro atoms. The summed E-state index contributed by atoms with van der Waals surface area (Å²) in [5, 5.41) is 3.33. The molecule has 0 aromatic heterocycles. The lowest BCUT2D eigenvalue weighted by Crippen LogP contribution is -2.47. The number of likely N-dealkylation sites (N-methyl/N-ethyl adjacent to an activating group) is 1. The van der Waals surface area contributed by atoms with Gasteiger partial charge in [0.05, 0.1) is 6.04 Å². The topological polar surface area (TPSA) is 32.3 Å². The molecule has 0 aliphatic carbocycles. The minimum Gasteiger partial charge on any atom is -0.342 e. The van der Waals surface area contributed by atoms with Gasteiger partial charge in [-0.2, -0.15) is 0 Å². The molecule has 1 amide bonds. The summed E-state index contributed by atoms with van der Waals surface area (Å²) in [4.78, 5) is 13.8. The first-order valence-corrected chi connectivity index (χ1v) is 6.40. The predicted molar refractivity (Wildman–Crippen MR) is 69.5 cm³/mol. The lowest BCUT2D eigenvalue weighted by atomic mass is 9.90. The van der Waals surface area contributed by atoms with Crippen molar-refractivity contribution in [3.63, 3.8) is 0 Å². The molecule has 1 atom stereocenters. The molecule has 0 saturated carbocycles. The lowest BCUT2D eigenvalue weighted by Gasteiger charge is -2.28. The summed E-state index contributed by atoms with van der Waals surface area (Å²) in [6.07, 6.45) is 1.12. The van der Waals surface area contributed by atoms with Crippen molar-refractivity contribution in [2.45, 2.75) is 54.0 Å². The fraction of sp³-hybridized carbons (Fsp3) is 0.923. The van der Waals surface area contributed by atoms with E-state index in [0.717, 1.165) is 26.1 Å². The Bertz CT molecular complexity index is 210. The summed E-state index contributed by atoms with van der Waals surface area (Å²) < 4.78 is 0. The minimum atomic E-state index is -0.0780. The number of nitrogens with one attached hydrogen (secondary N) is 1. The number of hydrogen-bond acceptors (Lipinski definition) is 2. The molecular weight excluding hydrogens is 200 g/mol. The molecule has 0 aliphatic heterocycles. The zero-order valence-corrected chi connectivity index (χ0v) is 11.8. The van der Waals surface area contributed by atoms with E-state index in [1.807, 2.05) is 25.7 Å². The largest absolute Gasteiger partial charge is 0.342 e. The van der Waals surface area contributed by atoms with E-state index in [4.69, 9.17) is 0 Å². The fourth-order valence-electron chi connectivity index (χ4n) is 1.45. The molecule has 0 aromatic carbocycles. The van der Waals surface area contributed by atoms with E-state index in [1.165, 1.54) is 0 Å². The minimum absolute atomic E-state index is 0.0780. The molecule has 0 aromatic rings. The van der Waals surface area contributed by atoms with E-state index in [9.17, 15) is 4.79 Å². The van der Waals surface area contributed by atoms with Crippen LogP contribution in [0.5, 0.6) is 0 Å². The molecule has 0 rings (SSSR count). The first kappa shape index (κ1) is 15.4. The van der Waals surface area contributed by atoms with Crippen molar-refractivity contribution < 1.29 is 4.79 Å². The number of hydrogen-bond donors (Lipinski definition) is 1. The summed E-state index contributed by atoms with van der Waals surface area (Å²) in [7, 11) is 0. The van der Waals surface area contributed by atoms with Gasteiger partial charge in [-0.1, -0.05) is 20.8 Å². The Morgan fingerprint density at radius 3 is 2.12 bits per heavy atom. The molecule has 0 heterocycles. The highest BCUT2D eigenvalue weighted by atomic mass is 16.2. The smallest absolute Gasteiger partial charge is 0.239 e. The van der Waals surface area contributed by atoms with Gasteiger partial charge in [-0.05, 0) is 32.6 Å². The van der Waals surface area contributed by atoms with Crippen molar-refractivity contribution in [3.05, 3.63) is 0 Å². The van der Waals surface area contributed by atoms with Crippen LogP contribution in [0.1, 0.15) is 48.0 Å². The molecule has 1 unspecified atom stereocenters. The number of nitrogens with zero attached hydrogens (tertiary/aromatic N) is 1. The molecular formula is C13H28N2O. The van der Waals surface area contributed by atoms with Crippen molar-refractivity contribution in [2.75, 3.05) is 19.6 Å². The van der Waals surface area contributed by atoms with Gasteiger partial charge in [-0.25, -0.2) is 0 Å². The third-order valence-corrected chi connectivity index (χ3v) is 3.29. The molecule has 0 saturated heterocycles. The van der Waals surface area contributed by atoms with Gasteiger partial charge in [0, 0.05) is 19.6 Å². The van der Waals surface area contributed by atoms with Gasteiger partial charge in [0.2, 0.25) is 5.91 Å². The van der Waals surface area contributed by atoms with Crippen molar-refractivity contribution in [1.82, 2.24) is 10.2 Å². The standard InChI is InChI=1S/C13H28N2O/c1-7-13(5,6)10-14-11(4)12(16)15(8-2)9-3/h11,14H,7-10H2,1-6H3. The lowest BCUT2D eigenvalue weighted by molar-refractivity contribution is -0.132. The van der Waals surface area contributed by atoms with Crippen LogP contribution in [0.4, 0.5) is 0 Å². The molecule has 1 N–H and O–H groups in total. The summed E-state index contributed by atoms with van der Waals surface area (Å²) in [6.45, 7) is 15.1. The zero-order chi connectivity index (χ0) is 12.8.